The Kier molecular flexibility index (Phi) is 7.74. The number of ether oxygens (including phenoxy) is 2. The molecule has 2 aromatic rings. The van der Waals surface area contributed by atoms with Crippen molar-refractivity contribution in [3.63, 3.8) is 0 Å². The van der Waals surface area contributed by atoms with E-state index in [1.54, 1.807) is 25.3 Å². The second kappa shape index (κ2) is 10.0. The molecule has 1 amide bonds. The summed E-state index contributed by atoms with van der Waals surface area (Å²) < 4.78 is 36.4. The number of nitrogens with zero attached hydrogens (tertiary/aromatic N) is 2. The van der Waals surface area contributed by atoms with Crippen molar-refractivity contribution in [2.24, 2.45) is 5.10 Å². The van der Waals surface area contributed by atoms with Crippen LogP contribution >= 0.6 is 0 Å². The molecule has 0 aliphatic heterocycles. The van der Waals surface area contributed by atoms with Gasteiger partial charge in [0.15, 0.2) is 11.5 Å². The Hall–Kier alpha value is -2.91. The topological polar surface area (TPSA) is 97.3 Å². The van der Waals surface area contributed by atoms with E-state index in [0.717, 1.165) is 10.7 Å². The van der Waals surface area contributed by atoms with Crippen LogP contribution in [0.4, 0.5) is 0 Å². The van der Waals surface area contributed by atoms with Crippen molar-refractivity contribution in [1.29, 1.82) is 0 Å². The molecule has 0 unspecified atom stereocenters. The summed E-state index contributed by atoms with van der Waals surface area (Å²) in [6, 6.07) is 11.1. The minimum atomic E-state index is -3.63. The quantitative estimate of drug-likeness (QED) is 0.498. The lowest BCUT2D eigenvalue weighted by molar-refractivity contribution is 0.0955. The van der Waals surface area contributed by atoms with Gasteiger partial charge in [-0.15, -0.1) is 0 Å². The van der Waals surface area contributed by atoms with Crippen LogP contribution < -0.4 is 14.9 Å². The lowest BCUT2D eigenvalue weighted by Gasteiger charge is -2.11. The third-order valence-electron chi connectivity index (χ3n) is 3.90. The van der Waals surface area contributed by atoms with Crippen molar-refractivity contribution in [2.75, 3.05) is 27.8 Å². The first-order valence-electron chi connectivity index (χ1n) is 8.96. The Morgan fingerprint density at radius 2 is 1.93 bits per heavy atom. The highest BCUT2D eigenvalue weighted by molar-refractivity contribution is 7.89. The predicted octanol–water partition coefficient (Wildman–Crippen LogP) is 2.50. The molecular formula is C20H25N3O5S. The highest BCUT2D eigenvalue weighted by atomic mass is 32.2. The van der Waals surface area contributed by atoms with Crippen LogP contribution in [-0.4, -0.2) is 52.7 Å². The molecule has 0 aliphatic carbocycles. The van der Waals surface area contributed by atoms with Gasteiger partial charge in [-0.05, 0) is 48.4 Å². The third-order valence-corrected chi connectivity index (χ3v) is 5.71. The average molecular weight is 420 g/mol. The molecule has 29 heavy (non-hydrogen) atoms. The molecule has 0 atom stereocenters. The van der Waals surface area contributed by atoms with Gasteiger partial charge in [0.05, 0.1) is 24.8 Å². The number of sulfonamides is 1. The first-order valence-corrected chi connectivity index (χ1v) is 10.4. The first-order chi connectivity index (χ1) is 13.8. The zero-order chi connectivity index (χ0) is 21.4. The Labute approximate surface area is 171 Å². The number of hydrogen-bond donors (Lipinski definition) is 1. The maximum atomic E-state index is 12.3. The fourth-order valence-corrected chi connectivity index (χ4v) is 3.28. The number of amides is 1. The van der Waals surface area contributed by atoms with E-state index in [1.807, 2.05) is 6.92 Å². The zero-order valence-electron chi connectivity index (χ0n) is 16.9. The SMILES string of the molecule is CCCOc1ccc(/C=N\NC(=O)c2cccc(S(=O)(=O)N(C)C)c2)cc1OC. The molecule has 0 radical (unpaired) electrons. The van der Waals surface area contributed by atoms with Gasteiger partial charge >= 0.3 is 0 Å². The van der Waals surface area contributed by atoms with Crippen molar-refractivity contribution >= 4 is 22.1 Å². The van der Waals surface area contributed by atoms with Crippen molar-refractivity contribution in [3.05, 3.63) is 53.6 Å². The van der Waals surface area contributed by atoms with E-state index >= 15 is 0 Å². The van der Waals surface area contributed by atoms with Gasteiger partial charge in [-0.2, -0.15) is 5.10 Å². The molecule has 0 aliphatic rings. The molecule has 1 N–H and O–H groups in total. The predicted molar refractivity (Wildman–Crippen MR) is 111 cm³/mol. The van der Waals surface area contributed by atoms with Crippen molar-refractivity contribution < 1.29 is 22.7 Å². The van der Waals surface area contributed by atoms with Crippen LogP contribution in [-0.2, 0) is 10.0 Å². The van der Waals surface area contributed by atoms with Crippen molar-refractivity contribution in [1.82, 2.24) is 9.73 Å². The molecular weight excluding hydrogens is 394 g/mol. The number of methoxy groups -OCH3 is 1. The van der Waals surface area contributed by atoms with E-state index in [1.165, 1.54) is 44.6 Å². The summed E-state index contributed by atoms with van der Waals surface area (Å²) in [6.45, 7) is 2.60. The van der Waals surface area contributed by atoms with Gasteiger partial charge < -0.3 is 9.47 Å². The van der Waals surface area contributed by atoms with E-state index in [-0.39, 0.29) is 10.5 Å². The molecule has 0 heterocycles. The number of carbonyl (C=O) groups excluding carboxylic acids is 1. The number of benzene rings is 2. The molecule has 0 fully saturated rings. The van der Waals surface area contributed by atoms with Gasteiger partial charge in [-0.1, -0.05) is 13.0 Å². The summed E-state index contributed by atoms with van der Waals surface area (Å²) in [6.07, 6.45) is 2.35. The second-order valence-corrected chi connectivity index (χ2v) is 8.42. The van der Waals surface area contributed by atoms with Gasteiger partial charge in [-0.25, -0.2) is 18.1 Å². The van der Waals surface area contributed by atoms with Gasteiger partial charge in [0.25, 0.3) is 5.91 Å². The van der Waals surface area contributed by atoms with Crippen molar-refractivity contribution in [3.8, 4) is 11.5 Å². The molecule has 0 spiro atoms. The number of hydrazone groups is 1. The lowest BCUT2D eigenvalue weighted by atomic mass is 10.2. The summed E-state index contributed by atoms with van der Waals surface area (Å²) >= 11 is 0. The summed E-state index contributed by atoms with van der Waals surface area (Å²) in [7, 11) is 0.781. The smallest absolute Gasteiger partial charge is 0.271 e. The van der Waals surface area contributed by atoms with Crippen LogP contribution in [0.25, 0.3) is 0 Å². The van der Waals surface area contributed by atoms with E-state index < -0.39 is 15.9 Å². The van der Waals surface area contributed by atoms with Crippen LogP contribution in [0.15, 0.2) is 52.5 Å². The lowest BCUT2D eigenvalue weighted by Crippen LogP contribution is -2.23. The Morgan fingerprint density at radius 1 is 1.17 bits per heavy atom. The number of rotatable bonds is 9. The minimum absolute atomic E-state index is 0.0338. The highest BCUT2D eigenvalue weighted by Crippen LogP contribution is 2.27. The monoisotopic (exact) mass is 419 g/mol. The second-order valence-electron chi connectivity index (χ2n) is 6.27. The number of nitrogens with one attached hydrogen (secondary N) is 1. The summed E-state index contributed by atoms with van der Waals surface area (Å²) in [5.74, 6) is 0.677. The van der Waals surface area contributed by atoms with Gasteiger partial charge in [-0.3, -0.25) is 4.79 Å². The number of carbonyl (C=O) groups is 1. The fraction of sp³-hybridized carbons (Fsp3) is 0.300. The fourth-order valence-electron chi connectivity index (χ4n) is 2.33. The van der Waals surface area contributed by atoms with Crippen LogP contribution in [0, 0.1) is 0 Å². The Morgan fingerprint density at radius 3 is 2.59 bits per heavy atom. The third kappa shape index (κ3) is 5.78. The van der Waals surface area contributed by atoms with E-state index in [4.69, 9.17) is 9.47 Å². The molecule has 0 bridgehead atoms. The molecule has 2 aromatic carbocycles. The summed E-state index contributed by atoms with van der Waals surface area (Å²) in [5.41, 5.74) is 3.28. The molecule has 0 aromatic heterocycles. The molecule has 8 nitrogen and oxygen atoms in total. The maximum Gasteiger partial charge on any atom is 0.271 e. The van der Waals surface area contributed by atoms with Gasteiger partial charge in [0.2, 0.25) is 10.0 Å². The van der Waals surface area contributed by atoms with Crippen molar-refractivity contribution in [2.45, 2.75) is 18.2 Å². The first kappa shape index (κ1) is 22.4. The molecule has 9 heteroatoms. The van der Waals surface area contributed by atoms with E-state index in [2.05, 4.69) is 10.5 Å². The van der Waals surface area contributed by atoms with Gasteiger partial charge in [0.1, 0.15) is 0 Å². The van der Waals surface area contributed by atoms with Gasteiger partial charge in [0, 0.05) is 19.7 Å². The van der Waals surface area contributed by atoms with E-state index in [9.17, 15) is 13.2 Å². The highest BCUT2D eigenvalue weighted by Gasteiger charge is 2.18. The summed E-state index contributed by atoms with van der Waals surface area (Å²) in [5, 5.41) is 3.93. The van der Waals surface area contributed by atoms with E-state index in [0.29, 0.717) is 23.7 Å². The number of hydrogen-bond acceptors (Lipinski definition) is 6. The molecule has 0 saturated heterocycles. The zero-order valence-corrected chi connectivity index (χ0v) is 17.7. The largest absolute Gasteiger partial charge is 0.493 e. The molecule has 0 saturated carbocycles. The maximum absolute atomic E-state index is 12.3. The van der Waals surface area contributed by atoms with Crippen LogP contribution in [0.5, 0.6) is 11.5 Å². The Balaban J connectivity index is 2.10. The van der Waals surface area contributed by atoms with Crippen LogP contribution in [0.3, 0.4) is 0 Å². The summed E-state index contributed by atoms with van der Waals surface area (Å²) in [4.78, 5) is 12.3. The molecule has 156 valence electrons. The molecule has 2 rings (SSSR count). The Bertz CT molecular complexity index is 987. The van der Waals surface area contributed by atoms with Crippen LogP contribution in [0.2, 0.25) is 0 Å². The van der Waals surface area contributed by atoms with Crippen LogP contribution in [0.1, 0.15) is 29.3 Å². The normalized spacial score (nSPS) is 11.6. The standard InChI is InChI=1S/C20H25N3O5S/c1-5-11-28-18-10-9-15(12-19(18)27-4)14-21-22-20(24)16-7-6-8-17(13-16)29(25,26)23(2)3/h6-10,12-14H,5,11H2,1-4H3,(H,22,24)/b21-14-. The average Bonchev–Trinajstić information content (AvgIpc) is 2.72. The minimum Gasteiger partial charge on any atom is -0.493 e.